The molecular weight excluding hydrogens is 1200 g/mol. The van der Waals surface area contributed by atoms with Crippen molar-refractivity contribution < 1.29 is 62.0 Å². The van der Waals surface area contributed by atoms with E-state index in [4.69, 9.17) is 4.43 Å². The molecule has 1 rings (SSSR count). The van der Waals surface area contributed by atoms with Gasteiger partial charge in [-0.2, -0.15) is 0 Å². The maximum atomic E-state index is 15.8. The van der Waals surface area contributed by atoms with E-state index >= 15 is 24.0 Å². The third-order valence-corrected chi connectivity index (χ3v) is 23.5. The second-order valence-corrected chi connectivity index (χ2v) is 35.8. The molecule has 1 heterocycles. The van der Waals surface area contributed by atoms with E-state index in [-0.39, 0.29) is 62.2 Å². The molecule has 0 saturated carbocycles. The van der Waals surface area contributed by atoms with Crippen molar-refractivity contribution in [3.63, 3.8) is 0 Å². The van der Waals surface area contributed by atoms with Gasteiger partial charge < -0.3 is 59.5 Å². The van der Waals surface area contributed by atoms with Crippen molar-refractivity contribution in [3.8, 4) is 0 Å². The van der Waals surface area contributed by atoms with Gasteiger partial charge in [0.05, 0.1) is 12.1 Å². The molecule has 534 valence electrons. The zero-order valence-electron chi connectivity index (χ0n) is 62.8. The van der Waals surface area contributed by atoms with Crippen LogP contribution in [-0.4, -0.2) is 230 Å². The molecule has 1 fully saturated rings. The molecule has 13 atom stereocenters. The van der Waals surface area contributed by atoms with Crippen LogP contribution in [0.1, 0.15) is 184 Å². The van der Waals surface area contributed by atoms with Gasteiger partial charge in [0.25, 0.3) is 0 Å². The normalized spacial score (nSPS) is 26.8. The number of aldehydes is 1. The van der Waals surface area contributed by atoms with E-state index < -0.39 is 174 Å². The fourth-order valence-electron chi connectivity index (χ4n) is 11.7. The first-order valence-corrected chi connectivity index (χ1v) is 36.8. The summed E-state index contributed by atoms with van der Waals surface area (Å²) in [4.78, 5) is 186. The second kappa shape index (κ2) is 36.4. The maximum Gasteiger partial charge on any atom is 0.246 e. The van der Waals surface area contributed by atoms with Crippen molar-refractivity contribution >= 4 is 79.5 Å². The number of rotatable bonds is 17. The monoisotopic (exact) mass is 1330 g/mol. The van der Waals surface area contributed by atoms with Gasteiger partial charge in [-0.15, -0.1) is 0 Å². The Morgan fingerprint density at radius 3 is 1.20 bits per heavy atom. The van der Waals surface area contributed by atoms with E-state index in [1.54, 1.807) is 55.4 Å². The number of likely N-dealkylation sites (N-methyl/N-ethyl adjacent to an activating group) is 7. The molecule has 24 heteroatoms. The molecule has 0 bridgehead atoms. The van der Waals surface area contributed by atoms with Crippen molar-refractivity contribution in [3.05, 3.63) is 0 Å². The van der Waals surface area contributed by atoms with Gasteiger partial charge in [0, 0.05) is 68.1 Å². The summed E-state index contributed by atoms with van der Waals surface area (Å²) in [6.07, 6.45) is -0.211. The molecule has 0 aromatic carbocycles. The van der Waals surface area contributed by atoms with Gasteiger partial charge in [0.2, 0.25) is 59.1 Å². The molecule has 0 aromatic rings. The van der Waals surface area contributed by atoms with E-state index in [9.17, 15) is 33.6 Å². The minimum Gasteiger partial charge on any atom is -0.411 e. The SMILES string of the molecule is CC(C)C[C@@H]1C(=O)N(C)[C@H](CC(C)C)C(=O)N(C)[C@H](C(C)C)C(=O)N(C)[C@H]([C@H](O[Si](C)(C)C(C)(C)C)[C@H](C)CC=O)C(=O)N[C@H](C(C)C)C(=O)N(C)[C@H](C)C(=O)N(C)[C@@H](CC(C)C)C(=O)N[C@H](C(C)C)C(=O)N(C)[C@H](CC(C)C)C(=O)N[C@H](C)C(=O)C[C@@H](C)C(=O)N1C. The minimum absolute atomic E-state index is 0.0792. The van der Waals surface area contributed by atoms with Crippen LogP contribution in [0.4, 0.5) is 0 Å². The van der Waals surface area contributed by atoms with Crippen LogP contribution < -0.4 is 16.0 Å². The van der Waals surface area contributed by atoms with Gasteiger partial charge in [-0.1, -0.05) is 132 Å². The number of carbonyl (C=O) groups is 12. The van der Waals surface area contributed by atoms with Crippen molar-refractivity contribution in [2.24, 2.45) is 53.3 Å². The Bertz CT molecular complexity index is 2590. The van der Waals surface area contributed by atoms with Gasteiger partial charge in [-0.05, 0) is 105 Å². The summed E-state index contributed by atoms with van der Waals surface area (Å²) < 4.78 is 7.14. The predicted molar refractivity (Wildman–Crippen MR) is 366 cm³/mol. The van der Waals surface area contributed by atoms with Crippen molar-refractivity contribution in [2.45, 2.75) is 269 Å². The highest BCUT2D eigenvalue weighted by molar-refractivity contribution is 6.74. The lowest BCUT2D eigenvalue weighted by Gasteiger charge is -2.46. The third kappa shape index (κ3) is 23.0. The van der Waals surface area contributed by atoms with Crippen LogP contribution in [0.5, 0.6) is 0 Å². The van der Waals surface area contributed by atoms with Crippen LogP contribution in [0, 0.1) is 53.3 Å². The van der Waals surface area contributed by atoms with Gasteiger partial charge in [-0.25, -0.2) is 0 Å². The van der Waals surface area contributed by atoms with Crippen LogP contribution in [0.2, 0.25) is 18.1 Å². The molecule has 0 unspecified atom stereocenters. The molecule has 23 nitrogen and oxygen atoms in total. The van der Waals surface area contributed by atoms with Gasteiger partial charge in [0.15, 0.2) is 14.1 Å². The number of nitrogens with zero attached hydrogens (tertiary/aromatic N) is 7. The lowest BCUT2D eigenvalue weighted by atomic mass is 9.91. The van der Waals surface area contributed by atoms with Gasteiger partial charge in [-0.3, -0.25) is 52.7 Å². The Labute approximate surface area is 560 Å². The summed E-state index contributed by atoms with van der Waals surface area (Å²) >= 11 is 0. The van der Waals surface area contributed by atoms with Crippen LogP contribution in [0.3, 0.4) is 0 Å². The fourth-order valence-corrected chi connectivity index (χ4v) is 13.1. The Morgan fingerprint density at radius 2 is 0.806 bits per heavy atom. The molecule has 3 N–H and O–H groups in total. The zero-order valence-corrected chi connectivity index (χ0v) is 63.8. The summed E-state index contributed by atoms with van der Waals surface area (Å²) in [6, 6.07) is -12.3. The topological polar surface area (TPSA) is 273 Å². The van der Waals surface area contributed by atoms with Crippen molar-refractivity contribution in [2.75, 3.05) is 49.3 Å². The Kier molecular flexibility index (Phi) is 33.3. The van der Waals surface area contributed by atoms with Crippen LogP contribution in [0.25, 0.3) is 0 Å². The predicted octanol–water partition coefficient (Wildman–Crippen LogP) is 6.65. The quantitative estimate of drug-likeness (QED) is 0.102. The fraction of sp³-hybridized carbons (Fsp3) is 0.826. The average Bonchev–Trinajstić information content (AvgIpc) is 0.796. The Morgan fingerprint density at radius 1 is 0.452 bits per heavy atom. The number of hydrogen-bond donors (Lipinski definition) is 3. The van der Waals surface area contributed by atoms with E-state index in [1.165, 1.54) is 97.5 Å². The molecule has 0 spiro atoms. The highest BCUT2D eigenvalue weighted by Crippen LogP contribution is 2.40. The standard InChI is InChI=1S/C69H126N10O13Si/c1-38(2)33-49-59(82)70-47(17)53(81)37-46(16)62(85)76(25)51(35-40(5)6)64(87)77(26)52(36-41(7)8)65(88)78(27)56(44(13)14)68(91)79(28)57(58(45(15)31-32-80)92-93(29,30)69(19,20)21)61(84)72-54(42(9)10)66(89)73(22)48(18)63(86)74(23)50(34-39(3)4)60(83)71-55(43(11)12)67(90)75(49)24/h32,38-52,54-58H,31,33-37H2,1-30H3,(H,70,82)(H,71,83)(H,72,84)/t45-,46-,47-,48-,49-,50+,51-,52-,54-,55-,56-,57-,58-/m1/s1. The number of amides is 10. The summed E-state index contributed by atoms with van der Waals surface area (Å²) in [5, 5.41) is 8.19. The third-order valence-electron chi connectivity index (χ3n) is 19.0. The van der Waals surface area contributed by atoms with E-state index in [2.05, 4.69) is 16.0 Å². The molecule has 1 saturated heterocycles. The molecule has 1 aliphatic rings. The number of ketones is 1. The van der Waals surface area contributed by atoms with Gasteiger partial charge in [0.1, 0.15) is 60.7 Å². The Balaban J connectivity index is 4.63. The van der Waals surface area contributed by atoms with Crippen molar-refractivity contribution in [1.29, 1.82) is 0 Å². The van der Waals surface area contributed by atoms with Crippen LogP contribution in [0.15, 0.2) is 0 Å². The highest BCUT2D eigenvalue weighted by atomic mass is 28.4. The lowest BCUT2D eigenvalue weighted by Crippen LogP contribution is -2.65. The average molecular weight is 1330 g/mol. The summed E-state index contributed by atoms with van der Waals surface area (Å²) in [6.45, 7) is 41.8. The Hall–Kier alpha value is -5.78. The number of hydrogen-bond acceptors (Lipinski definition) is 13. The van der Waals surface area contributed by atoms with Crippen LogP contribution >= 0.6 is 0 Å². The maximum absolute atomic E-state index is 15.8. The summed E-state index contributed by atoms with van der Waals surface area (Å²) in [5.74, 6) is -10.9. The molecule has 0 aromatic heterocycles. The molecule has 0 aliphatic carbocycles. The largest absolute Gasteiger partial charge is 0.411 e. The second-order valence-electron chi connectivity index (χ2n) is 31.0. The van der Waals surface area contributed by atoms with E-state index in [0.29, 0.717) is 6.29 Å². The van der Waals surface area contributed by atoms with E-state index in [0.717, 1.165) is 0 Å². The lowest BCUT2D eigenvalue weighted by molar-refractivity contribution is -0.157. The molecule has 93 heavy (non-hydrogen) atoms. The first-order valence-electron chi connectivity index (χ1n) is 33.9. The molecule has 1 aliphatic heterocycles. The van der Waals surface area contributed by atoms with Gasteiger partial charge >= 0.3 is 0 Å². The summed E-state index contributed by atoms with van der Waals surface area (Å²) in [5.41, 5.74) is 0. The molecular formula is C69H126N10O13Si. The van der Waals surface area contributed by atoms with E-state index in [1.807, 2.05) is 89.3 Å². The zero-order chi connectivity index (χ0) is 72.7. The van der Waals surface area contributed by atoms with Crippen LogP contribution in [-0.2, 0) is 62.0 Å². The first-order chi connectivity index (χ1) is 42.4. The number of carbonyl (C=O) groups excluding carboxylic acids is 12. The number of nitrogens with one attached hydrogen (secondary N) is 3. The smallest absolute Gasteiger partial charge is 0.246 e. The highest BCUT2D eigenvalue weighted by Gasteiger charge is 2.50. The minimum atomic E-state index is -2.90. The molecule has 10 amide bonds. The number of Topliss-reactive ketones (excluding diaryl/α,β-unsaturated/α-hetero) is 1. The summed E-state index contributed by atoms with van der Waals surface area (Å²) in [7, 11) is 7.29. The molecule has 0 radical (unpaired) electrons. The first kappa shape index (κ1) is 85.2. The van der Waals surface area contributed by atoms with Crippen molar-refractivity contribution in [1.82, 2.24) is 50.2 Å².